The first-order chi connectivity index (χ1) is 5.66. The van der Waals surface area contributed by atoms with Gasteiger partial charge >= 0.3 is 0 Å². The van der Waals surface area contributed by atoms with Crippen molar-refractivity contribution in [3.63, 3.8) is 0 Å². The number of phenols is 1. The van der Waals surface area contributed by atoms with Crippen molar-refractivity contribution in [3.05, 3.63) is 28.2 Å². The lowest BCUT2D eigenvalue weighted by molar-refractivity contribution is 0.185. The van der Waals surface area contributed by atoms with Crippen LogP contribution >= 0.6 is 15.9 Å². The molecule has 66 valence electrons. The van der Waals surface area contributed by atoms with E-state index in [-0.39, 0.29) is 12.3 Å². The van der Waals surface area contributed by atoms with Gasteiger partial charge in [0.15, 0.2) is 0 Å². The topological polar surface area (TPSA) is 66.5 Å². The van der Waals surface area contributed by atoms with Gasteiger partial charge in [0.25, 0.3) is 0 Å². The average molecular weight is 232 g/mol. The molecule has 0 saturated heterocycles. The lowest BCUT2D eigenvalue weighted by Crippen LogP contribution is -2.11. The molecule has 4 heteroatoms. The van der Waals surface area contributed by atoms with Crippen molar-refractivity contribution in [2.45, 2.75) is 6.10 Å². The molecule has 0 heterocycles. The average Bonchev–Trinajstić information content (AvgIpc) is 2.08. The summed E-state index contributed by atoms with van der Waals surface area (Å²) in [7, 11) is 0. The van der Waals surface area contributed by atoms with Gasteiger partial charge in [-0.1, -0.05) is 12.1 Å². The lowest BCUT2D eigenvalue weighted by Gasteiger charge is -2.10. The lowest BCUT2D eigenvalue weighted by atomic mass is 10.1. The summed E-state index contributed by atoms with van der Waals surface area (Å²) in [6, 6.07) is 4.91. The largest absolute Gasteiger partial charge is 0.507 e. The molecule has 3 nitrogen and oxygen atoms in total. The fourth-order valence-electron chi connectivity index (χ4n) is 0.921. The number of benzene rings is 1. The fraction of sp³-hybridized carbons (Fsp3) is 0.250. The molecule has 0 bridgehead atoms. The molecule has 0 unspecified atom stereocenters. The maximum Gasteiger partial charge on any atom is 0.130 e. The molecule has 0 spiro atoms. The highest BCUT2D eigenvalue weighted by Crippen LogP contribution is 2.30. The highest BCUT2D eigenvalue weighted by Gasteiger charge is 2.11. The third kappa shape index (κ3) is 1.77. The van der Waals surface area contributed by atoms with E-state index in [9.17, 15) is 10.2 Å². The summed E-state index contributed by atoms with van der Waals surface area (Å²) in [4.78, 5) is 0. The van der Waals surface area contributed by atoms with Crippen molar-refractivity contribution < 1.29 is 10.2 Å². The minimum Gasteiger partial charge on any atom is -0.507 e. The predicted molar refractivity (Wildman–Crippen MR) is 49.8 cm³/mol. The van der Waals surface area contributed by atoms with E-state index in [1.807, 2.05) is 0 Å². The monoisotopic (exact) mass is 231 g/mol. The number of hydrogen-bond acceptors (Lipinski definition) is 3. The van der Waals surface area contributed by atoms with Gasteiger partial charge in [0.2, 0.25) is 0 Å². The van der Waals surface area contributed by atoms with Gasteiger partial charge in [-0.3, -0.25) is 0 Å². The van der Waals surface area contributed by atoms with E-state index in [2.05, 4.69) is 15.9 Å². The summed E-state index contributed by atoms with van der Waals surface area (Å²) in [5, 5.41) is 18.6. The molecule has 1 aromatic rings. The summed E-state index contributed by atoms with van der Waals surface area (Å²) in [5.41, 5.74) is 5.88. The number of halogens is 1. The molecule has 0 aliphatic rings. The van der Waals surface area contributed by atoms with E-state index in [0.717, 1.165) is 0 Å². The minimum absolute atomic E-state index is 0.111. The molecule has 1 rings (SSSR count). The summed E-state index contributed by atoms with van der Waals surface area (Å²) >= 11 is 3.16. The molecule has 1 atom stereocenters. The second-order valence-electron chi connectivity index (χ2n) is 2.43. The Morgan fingerprint density at radius 1 is 1.50 bits per heavy atom. The Morgan fingerprint density at radius 3 is 2.75 bits per heavy atom. The maximum absolute atomic E-state index is 9.37. The first-order valence-electron chi connectivity index (χ1n) is 3.52. The van der Waals surface area contributed by atoms with Gasteiger partial charge in [-0.05, 0) is 27.6 Å². The van der Waals surface area contributed by atoms with E-state index >= 15 is 0 Å². The summed E-state index contributed by atoms with van der Waals surface area (Å²) < 4.78 is 0.503. The highest BCUT2D eigenvalue weighted by atomic mass is 79.9. The third-order valence-electron chi connectivity index (χ3n) is 1.59. The maximum atomic E-state index is 9.37. The van der Waals surface area contributed by atoms with Crippen molar-refractivity contribution in [3.8, 4) is 5.75 Å². The van der Waals surface area contributed by atoms with Gasteiger partial charge in [0, 0.05) is 6.54 Å². The van der Waals surface area contributed by atoms with Crippen molar-refractivity contribution in [1.29, 1.82) is 0 Å². The standard InChI is InChI=1S/C8H10BrNO2/c9-8-5(7(12)4-10)2-1-3-6(8)11/h1-3,7,11-12H,4,10H2/t7-/m1/s1. The first-order valence-corrected chi connectivity index (χ1v) is 4.31. The molecule has 0 amide bonds. The number of aromatic hydroxyl groups is 1. The minimum atomic E-state index is -0.730. The second-order valence-corrected chi connectivity index (χ2v) is 3.22. The van der Waals surface area contributed by atoms with Crippen LogP contribution < -0.4 is 5.73 Å². The second kappa shape index (κ2) is 3.89. The van der Waals surface area contributed by atoms with Crippen molar-refractivity contribution >= 4 is 15.9 Å². The molecule has 1 aromatic carbocycles. The van der Waals surface area contributed by atoms with Crippen LogP contribution in [0.1, 0.15) is 11.7 Å². The van der Waals surface area contributed by atoms with Crippen LogP contribution in [0.25, 0.3) is 0 Å². The zero-order chi connectivity index (χ0) is 9.14. The van der Waals surface area contributed by atoms with E-state index in [4.69, 9.17) is 5.73 Å². The Labute approximate surface area is 79.0 Å². The number of phenolic OH excluding ortho intramolecular Hbond substituents is 1. The Balaban J connectivity index is 3.07. The third-order valence-corrected chi connectivity index (χ3v) is 2.45. The Kier molecular flexibility index (Phi) is 3.08. The Morgan fingerprint density at radius 2 is 2.17 bits per heavy atom. The van der Waals surface area contributed by atoms with Gasteiger partial charge in [0.1, 0.15) is 5.75 Å². The molecule has 0 fully saturated rings. The van der Waals surface area contributed by atoms with Crippen LogP contribution in [-0.4, -0.2) is 16.8 Å². The van der Waals surface area contributed by atoms with Crippen LogP contribution in [0.5, 0.6) is 5.75 Å². The van der Waals surface area contributed by atoms with Crippen LogP contribution in [0.15, 0.2) is 22.7 Å². The number of aliphatic hydroxyl groups is 1. The van der Waals surface area contributed by atoms with Gasteiger partial charge in [-0.15, -0.1) is 0 Å². The zero-order valence-corrected chi connectivity index (χ0v) is 7.95. The molecule has 4 N–H and O–H groups in total. The summed E-state index contributed by atoms with van der Waals surface area (Å²) in [6.45, 7) is 0.141. The highest BCUT2D eigenvalue weighted by molar-refractivity contribution is 9.10. The van der Waals surface area contributed by atoms with Crippen LogP contribution in [0, 0.1) is 0 Å². The van der Waals surface area contributed by atoms with Gasteiger partial charge in [0.05, 0.1) is 10.6 Å². The van der Waals surface area contributed by atoms with Crippen LogP contribution in [0.3, 0.4) is 0 Å². The van der Waals surface area contributed by atoms with Gasteiger partial charge in [-0.25, -0.2) is 0 Å². The molecule has 12 heavy (non-hydrogen) atoms. The smallest absolute Gasteiger partial charge is 0.130 e. The van der Waals surface area contributed by atoms with Crippen molar-refractivity contribution in [1.82, 2.24) is 0 Å². The summed E-state index contributed by atoms with van der Waals surface area (Å²) in [5.74, 6) is 0.111. The van der Waals surface area contributed by atoms with Crippen LogP contribution in [0.4, 0.5) is 0 Å². The fourth-order valence-corrected chi connectivity index (χ4v) is 1.45. The van der Waals surface area contributed by atoms with Crippen molar-refractivity contribution in [2.24, 2.45) is 5.73 Å². The zero-order valence-electron chi connectivity index (χ0n) is 6.37. The molecular formula is C8H10BrNO2. The first kappa shape index (κ1) is 9.51. The van der Waals surface area contributed by atoms with E-state index in [0.29, 0.717) is 10.0 Å². The van der Waals surface area contributed by atoms with Gasteiger partial charge < -0.3 is 15.9 Å². The predicted octanol–water partition coefficient (Wildman–Crippen LogP) is 1.15. The molecule has 0 radical (unpaired) electrons. The molecule has 0 saturated carbocycles. The van der Waals surface area contributed by atoms with Gasteiger partial charge in [-0.2, -0.15) is 0 Å². The number of hydrogen-bond donors (Lipinski definition) is 3. The van der Waals surface area contributed by atoms with Crippen LogP contribution in [-0.2, 0) is 0 Å². The van der Waals surface area contributed by atoms with E-state index < -0.39 is 6.10 Å². The SMILES string of the molecule is NC[C@@H](O)c1cccc(O)c1Br. The van der Waals surface area contributed by atoms with E-state index in [1.54, 1.807) is 12.1 Å². The van der Waals surface area contributed by atoms with Crippen LogP contribution in [0.2, 0.25) is 0 Å². The summed E-state index contributed by atoms with van der Waals surface area (Å²) in [6.07, 6.45) is -0.730. The molecule has 0 aromatic heterocycles. The molecule has 0 aliphatic carbocycles. The molecular weight excluding hydrogens is 222 g/mol. The normalized spacial score (nSPS) is 12.9. The number of aliphatic hydroxyl groups excluding tert-OH is 1. The Bertz CT molecular complexity index is 278. The number of rotatable bonds is 2. The Hall–Kier alpha value is -0.580. The van der Waals surface area contributed by atoms with Crippen molar-refractivity contribution in [2.75, 3.05) is 6.54 Å². The number of nitrogens with two attached hydrogens (primary N) is 1. The van der Waals surface area contributed by atoms with E-state index in [1.165, 1.54) is 6.07 Å². The quantitative estimate of drug-likeness (QED) is 0.716. The molecule has 0 aliphatic heterocycles.